The number of amides is 2. The highest BCUT2D eigenvalue weighted by Crippen LogP contribution is 2.29. The molecule has 0 aliphatic carbocycles. The van der Waals surface area contributed by atoms with Crippen LogP contribution < -0.4 is 10.6 Å². The van der Waals surface area contributed by atoms with E-state index < -0.39 is 17.3 Å². The minimum atomic E-state index is -0.726. The zero-order valence-electron chi connectivity index (χ0n) is 15.9. The van der Waals surface area contributed by atoms with Crippen molar-refractivity contribution in [3.63, 3.8) is 0 Å². The Hall–Kier alpha value is -2.84. The van der Waals surface area contributed by atoms with E-state index >= 15 is 0 Å². The van der Waals surface area contributed by atoms with Crippen molar-refractivity contribution in [1.82, 2.24) is 10.2 Å². The van der Waals surface area contributed by atoms with Crippen molar-refractivity contribution in [2.24, 2.45) is 4.99 Å². The molecular formula is C21H19ClF2N4O2. The number of halogens is 3. The molecule has 1 spiro atoms. The molecule has 1 saturated heterocycles. The lowest BCUT2D eigenvalue weighted by Crippen LogP contribution is -2.52. The van der Waals surface area contributed by atoms with Crippen molar-refractivity contribution in [2.45, 2.75) is 18.5 Å². The first-order valence-corrected chi connectivity index (χ1v) is 9.87. The Morgan fingerprint density at radius 1 is 1.20 bits per heavy atom. The second-order valence-corrected chi connectivity index (χ2v) is 7.82. The summed E-state index contributed by atoms with van der Waals surface area (Å²) in [5.41, 5.74) is 0.376. The van der Waals surface area contributed by atoms with Crippen molar-refractivity contribution < 1.29 is 18.4 Å². The van der Waals surface area contributed by atoms with Crippen LogP contribution in [0.5, 0.6) is 0 Å². The van der Waals surface area contributed by atoms with Gasteiger partial charge in [0.15, 0.2) is 0 Å². The third-order valence-corrected chi connectivity index (χ3v) is 5.53. The van der Waals surface area contributed by atoms with Crippen LogP contribution in [-0.4, -0.2) is 47.7 Å². The van der Waals surface area contributed by atoms with Crippen LogP contribution in [0, 0.1) is 11.6 Å². The SMILES string of the molecule is O=C(CN1CCC2(CC1)N=C(c1cccc(F)c1)C(=O)N2)Nc1ccc(F)c(Cl)c1. The first kappa shape index (κ1) is 20.4. The fourth-order valence-electron chi connectivity index (χ4n) is 3.69. The number of nitrogens with zero attached hydrogens (tertiary/aromatic N) is 2. The predicted molar refractivity (Wildman–Crippen MR) is 110 cm³/mol. The summed E-state index contributed by atoms with van der Waals surface area (Å²) in [4.78, 5) is 31.2. The lowest BCUT2D eigenvalue weighted by molar-refractivity contribution is -0.119. The number of piperidine rings is 1. The maximum atomic E-state index is 13.5. The smallest absolute Gasteiger partial charge is 0.272 e. The monoisotopic (exact) mass is 432 g/mol. The predicted octanol–water partition coefficient (Wildman–Crippen LogP) is 2.97. The maximum absolute atomic E-state index is 13.5. The fraction of sp³-hybridized carbons (Fsp3) is 0.286. The highest BCUT2D eigenvalue weighted by atomic mass is 35.5. The topological polar surface area (TPSA) is 73.8 Å². The van der Waals surface area contributed by atoms with Gasteiger partial charge in [0, 0.05) is 37.2 Å². The first-order valence-electron chi connectivity index (χ1n) is 9.49. The molecule has 2 aliphatic heterocycles. The molecule has 0 atom stereocenters. The fourth-order valence-corrected chi connectivity index (χ4v) is 3.87. The molecule has 6 nitrogen and oxygen atoms in total. The van der Waals surface area contributed by atoms with Crippen molar-refractivity contribution >= 4 is 34.8 Å². The van der Waals surface area contributed by atoms with Gasteiger partial charge in [0.2, 0.25) is 5.91 Å². The van der Waals surface area contributed by atoms with Crippen LogP contribution in [0.1, 0.15) is 18.4 Å². The van der Waals surface area contributed by atoms with Crippen molar-refractivity contribution in [1.29, 1.82) is 0 Å². The molecular weight excluding hydrogens is 414 g/mol. The number of rotatable bonds is 4. The van der Waals surface area contributed by atoms with E-state index in [2.05, 4.69) is 15.6 Å². The number of aliphatic imine (C=N–C) groups is 1. The van der Waals surface area contributed by atoms with E-state index in [-0.39, 0.29) is 29.1 Å². The molecule has 4 rings (SSSR count). The second kappa shape index (κ2) is 8.12. The van der Waals surface area contributed by atoms with E-state index in [0.717, 1.165) is 0 Å². The van der Waals surface area contributed by atoms with E-state index in [1.807, 2.05) is 4.90 Å². The summed E-state index contributed by atoms with van der Waals surface area (Å²) in [5.74, 6) is -1.53. The van der Waals surface area contributed by atoms with Gasteiger partial charge in [-0.2, -0.15) is 0 Å². The lowest BCUT2D eigenvalue weighted by atomic mass is 9.98. The Kier molecular flexibility index (Phi) is 5.53. The molecule has 2 aromatic rings. The van der Waals surface area contributed by atoms with Gasteiger partial charge in [0.05, 0.1) is 11.6 Å². The minimum absolute atomic E-state index is 0.0587. The largest absolute Gasteiger partial charge is 0.326 e. The van der Waals surface area contributed by atoms with Gasteiger partial charge in [0.25, 0.3) is 5.91 Å². The van der Waals surface area contributed by atoms with Crippen LogP contribution >= 0.6 is 11.6 Å². The van der Waals surface area contributed by atoms with Crippen LogP contribution in [-0.2, 0) is 9.59 Å². The average molecular weight is 433 g/mol. The summed E-state index contributed by atoms with van der Waals surface area (Å²) in [6.07, 6.45) is 1.07. The summed E-state index contributed by atoms with van der Waals surface area (Å²) in [6, 6.07) is 9.80. The Morgan fingerprint density at radius 3 is 2.67 bits per heavy atom. The van der Waals surface area contributed by atoms with Crippen LogP contribution in [0.25, 0.3) is 0 Å². The zero-order chi connectivity index (χ0) is 21.3. The Morgan fingerprint density at radius 2 is 1.97 bits per heavy atom. The molecule has 30 heavy (non-hydrogen) atoms. The van der Waals surface area contributed by atoms with Crippen molar-refractivity contribution in [3.8, 4) is 0 Å². The van der Waals surface area contributed by atoms with Gasteiger partial charge in [-0.3, -0.25) is 19.5 Å². The maximum Gasteiger partial charge on any atom is 0.272 e. The normalized spacial score (nSPS) is 18.2. The molecule has 2 amide bonds. The number of hydrogen-bond acceptors (Lipinski definition) is 4. The zero-order valence-corrected chi connectivity index (χ0v) is 16.7. The molecule has 2 N–H and O–H groups in total. The molecule has 2 aromatic carbocycles. The molecule has 0 unspecified atom stereocenters. The van der Waals surface area contributed by atoms with E-state index in [1.165, 1.54) is 30.3 Å². The molecule has 0 aromatic heterocycles. The van der Waals surface area contributed by atoms with Gasteiger partial charge >= 0.3 is 0 Å². The van der Waals surface area contributed by atoms with Gasteiger partial charge in [-0.15, -0.1) is 0 Å². The highest BCUT2D eigenvalue weighted by Gasteiger charge is 2.42. The van der Waals surface area contributed by atoms with Gasteiger partial charge in [-0.25, -0.2) is 8.78 Å². The number of nitrogens with one attached hydrogen (secondary N) is 2. The quantitative estimate of drug-likeness (QED) is 0.780. The summed E-state index contributed by atoms with van der Waals surface area (Å²) in [5, 5.41) is 5.56. The molecule has 2 aliphatic rings. The van der Waals surface area contributed by atoms with E-state index in [9.17, 15) is 18.4 Å². The number of benzene rings is 2. The number of carbonyl (C=O) groups excluding carboxylic acids is 2. The van der Waals surface area contributed by atoms with Crippen LogP contribution in [0.4, 0.5) is 14.5 Å². The Labute approximate surface area is 176 Å². The van der Waals surface area contributed by atoms with Crippen LogP contribution in [0.15, 0.2) is 47.5 Å². The Balaban J connectivity index is 1.36. The van der Waals surface area contributed by atoms with Gasteiger partial charge in [-0.1, -0.05) is 23.7 Å². The van der Waals surface area contributed by atoms with Gasteiger partial charge in [-0.05, 0) is 30.3 Å². The number of carbonyl (C=O) groups is 2. The summed E-state index contributed by atoms with van der Waals surface area (Å²) >= 11 is 5.73. The standard InChI is InChI=1S/C21H19ClF2N4O2/c22-16-11-15(4-5-17(16)24)25-18(29)12-28-8-6-21(7-9-28)26-19(20(30)27-21)13-2-1-3-14(23)10-13/h1-5,10-11H,6-9,12H2,(H,25,29)(H,27,30). The summed E-state index contributed by atoms with van der Waals surface area (Å²) in [6.45, 7) is 1.26. The van der Waals surface area contributed by atoms with Crippen LogP contribution in [0.3, 0.4) is 0 Å². The highest BCUT2D eigenvalue weighted by molar-refractivity contribution is 6.46. The molecule has 156 valence electrons. The third kappa shape index (κ3) is 4.34. The first-order chi connectivity index (χ1) is 14.3. The lowest BCUT2D eigenvalue weighted by Gasteiger charge is -2.36. The molecule has 2 heterocycles. The Bertz CT molecular complexity index is 1040. The summed E-state index contributed by atoms with van der Waals surface area (Å²) < 4.78 is 26.7. The molecule has 1 fully saturated rings. The van der Waals surface area contributed by atoms with E-state index in [1.54, 1.807) is 12.1 Å². The van der Waals surface area contributed by atoms with Crippen LogP contribution in [0.2, 0.25) is 5.02 Å². The van der Waals surface area contributed by atoms with Crippen molar-refractivity contribution in [2.75, 3.05) is 25.0 Å². The third-order valence-electron chi connectivity index (χ3n) is 5.24. The van der Waals surface area contributed by atoms with Gasteiger partial charge < -0.3 is 10.6 Å². The minimum Gasteiger partial charge on any atom is -0.326 e. The molecule has 0 saturated carbocycles. The number of hydrogen-bond donors (Lipinski definition) is 2. The average Bonchev–Trinajstić information content (AvgIpc) is 3.03. The summed E-state index contributed by atoms with van der Waals surface area (Å²) in [7, 11) is 0. The second-order valence-electron chi connectivity index (χ2n) is 7.41. The van der Waals surface area contributed by atoms with E-state index in [4.69, 9.17) is 11.6 Å². The van der Waals surface area contributed by atoms with E-state index in [0.29, 0.717) is 37.2 Å². The van der Waals surface area contributed by atoms with Crippen molar-refractivity contribution in [3.05, 3.63) is 64.7 Å². The molecule has 0 bridgehead atoms. The number of anilines is 1. The number of likely N-dealkylation sites (tertiary alicyclic amines) is 1. The molecule has 9 heteroatoms. The van der Waals surface area contributed by atoms with Gasteiger partial charge in [0.1, 0.15) is 23.0 Å². The molecule has 0 radical (unpaired) electrons.